The van der Waals surface area contributed by atoms with Crippen LogP contribution in [0.3, 0.4) is 0 Å². The van der Waals surface area contributed by atoms with Crippen molar-refractivity contribution in [2.45, 2.75) is 31.7 Å². The largest absolute Gasteiger partial charge is 0.416 e. The number of likely N-dealkylation sites (tertiary alicyclic amines) is 1. The molecule has 0 aromatic heterocycles. The average Bonchev–Trinajstić information content (AvgIpc) is 2.66. The molecule has 3 nitrogen and oxygen atoms in total. The Balaban J connectivity index is 1.59. The van der Waals surface area contributed by atoms with Crippen LogP contribution in [0, 0.1) is 0 Å². The Labute approximate surface area is 160 Å². The molecule has 7 heteroatoms. The first-order chi connectivity index (χ1) is 12.8. The third-order valence-corrected chi connectivity index (χ3v) is 4.75. The van der Waals surface area contributed by atoms with E-state index in [1.807, 2.05) is 0 Å². The Kier molecular flexibility index (Phi) is 6.07. The van der Waals surface area contributed by atoms with Crippen molar-refractivity contribution in [3.8, 4) is 0 Å². The molecule has 2 aromatic carbocycles. The van der Waals surface area contributed by atoms with Crippen molar-refractivity contribution in [3.63, 3.8) is 0 Å². The molecular formula is C20H19ClF3NO2. The van der Waals surface area contributed by atoms with Crippen molar-refractivity contribution in [1.82, 2.24) is 4.90 Å². The van der Waals surface area contributed by atoms with Crippen LogP contribution in [-0.2, 0) is 17.5 Å². The highest BCUT2D eigenvalue weighted by Gasteiger charge is 2.30. The molecule has 0 N–H and O–H groups in total. The summed E-state index contributed by atoms with van der Waals surface area (Å²) in [5.74, 6) is -0.0981. The first kappa shape index (κ1) is 19.7. The fraction of sp³-hybridized carbons (Fsp3) is 0.350. The van der Waals surface area contributed by atoms with Crippen LogP contribution < -0.4 is 0 Å². The molecular weight excluding hydrogens is 379 g/mol. The monoisotopic (exact) mass is 397 g/mol. The lowest BCUT2D eigenvalue weighted by molar-refractivity contribution is -0.137. The van der Waals surface area contributed by atoms with E-state index in [2.05, 4.69) is 0 Å². The minimum Gasteiger partial charge on any atom is -0.372 e. The molecule has 0 spiro atoms. The molecule has 0 aliphatic carbocycles. The van der Waals surface area contributed by atoms with Gasteiger partial charge < -0.3 is 9.64 Å². The molecule has 1 saturated heterocycles. The highest BCUT2D eigenvalue weighted by atomic mass is 35.5. The summed E-state index contributed by atoms with van der Waals surface area (Å²) in [6.45, 7) is 1.13. The zero-order valence-corrected chi connectivity index (χ0v) is 15.3. The number of rotatable bonds is 4. The Hall–Kier alpha value is -2.05. The summed E-state index contributed by atoms with van der Waals surface area (Å²) in [6.07, 6.45) is -3.02. The highest BCUT2D eigenvalue weighted by molar-refractivity contribution is 6.30. The smallest absolute Gasteiger partial charge is 0.372 e. The molecule has 1 atom stereocenters. The van der Waals surface area contributed by atoms with Crippen LogP contribution in [0.5, 0.6) is 0 Å². The van der Waals surface area contributed by atoms with Crippen LogP contribution in [0.1, 0.15) is 34.3 Å². The number of nitrogens with zero attached hydrogens (tertiary/aromatic N) is 1. The maximum absolute atomic E-state index is 12.8. The second-order valence-electron chi connectivity index (χ2n) is 6.53. The number of alkyl halides is 3. The maximum Gasteiger partial charge on any atom is 0.416 e. The number of hydrogen-bond acceptors (Lipinski definition) is 2. The zero-order valence-electron chi connectivity index (χ0n) is 14.5. The maximum atomic E-state index is 12.8. The van der Waals surface area contributed by atoms with Crippen molar-refractivity contribution in [3.05, 3.63) is 70.2 Å². The van der Waals surface area contributed by atoms with Crippen LogP contribution in [0.15, 0.2) is 48.5 Å². The first-order valence-corrected chi connectivity index (χ1v) is 9.03. The summed E-state index contributed by atoms with van der Waals surface area (Å²) in [4.78, 5) is 14.3. The van der Waals surface area contributed by atoms with Crippen LogP contribution in [0.4, 0.5) is 13.2 Å². The van der Waals surface area contributed by atoms with Gasteiger partial charge in [0.15, 0.2) is 0 Å². The van der Waals surface area contributed by atoms with Gasteiger partial charge in [0.2, 0.25) is 0 Å². The third-order valence-electron chi connectivity index (χ3n) is 4.50. The standard InChI is InChI=1S/C20H19ClF3NO2/c21-17-8-6-15(7-9-17)19(26)25-10-2-5-18(12-25)27-13-14-3-1-4-16(11-14)20(22,23)24/h1,3-4,6-9,11,18H,2,5,10,12-13H2. The molecule has 1 unspecified atom stereocenters. The van der Waals surface area contributed by atoms with Gasteiger partial charge >= 0.3 is 6.18 Å². The van der Waals surface area contributed by atoms with E-state index in [4.69, 9.17) is 16.3 Å². The van der Waals surface area contributed by atoms with E-state index in [0.29, 0.717) is 29.2 Å². The van der Waals surface area contributed by atoms with E-state index in [1.54, 1.807) is 35.2 Å². The molecule has 1 amide bonds. The molecule has 3 rings (SSSR count). The lowest BCUT2D eigenvalue weighted by Gasteiger charge is -2.32. The first-order valence-electron chi connectivity index (χ1n) is 8.65. The zero-order chi connectivity index (χ0) is 19.4. The van der Waals surface area contributed by atoms with E-state index in [9.17, 15) is 18.0 Å². The molecule has 0 saturated carbocycles. The number of benzene rings is 2. The number of hydrogen-bond donors (Lipinski definition) is 0. The molecule has 2 aromatic rings. The lowest BCUT2D eigenvalue weighted by atomic mass is 10.1. The summed E-state index contributed by atoms with van der Waals surface area (Å²) < 4.78 is 44.2. The second-order valence-corrected chi connectivity index (χ2v) is 6.97. The van der Waals surface area contributed by atoms with E-state index < -0.39 is 11.7 Å². The van der Waals surface area contributed by atoms with Gasteiger partial charge in [0, 0.05) is 23.7 Å². The predicted octanol–water partition coefficient (Wildman–Crippen LogP) is 5.18. The predicted molar refractivity (Wildman–Crippen MR) is 96.6 cm³/mol. The second kappa shape index (κ2) is 8.31. The molecule has 1 fully saturated rings. The fourth-order valence-corrected chi connectivity index (χ4v) is 3.21. The van der Waals surface area contributed by atoms with Crippen LogP contribution in [0.2, 0.25) is 5.02 Å². The highest BCUT2D eigenvalue weighted by Crippen LogP contribution is 2.30. The number of amides is 1. The Morgan fingerprint density at radius 1 is 1.19 bits per heavy atom. The summed E-state index contributed by atoms with van der Waals surface area (Å²) >= 11 is 5.85. The van der Waals surface area contributed by atoms with Crippen LogP contribution in [-0.4, -0.2) is 30.0 Å². The van der Waals surface area contributed by atoms with Crippen molar-refractivity contribution in [2.24, 2.45) is 0 Å². The number of halogens is 4. The van der Waals surface area contributed by atoms with Gasteiger partial charge in [0.25, 0.3) is 5.91 Å². The summed E-state index contributed by atoms with van der Waals surface area (Å²) in [5.41, 5.74) is 0.329. The van der Waals surface area contributed by atoms with Gasteiger partial charge in [-0.05, 0) is 54.8 Å². The Morgan fingerprint density at radius 3 is 2.63 bits per heavy atom. The van der Waals surface area contributed by atoms with Crippen molar-refractivity contribution < 1.29 is 22.7 Å². The van der Waals surface area contributed by atoms with E-state index in [0.717, 1.165) is 25.0 Å². The van der Waals surface area contributed by atoms with Gasteiger partial charge in [-0.3, -0.25) is 4.79 Å². The van der Waals surface area contributed by atoms with Crippen molar-refractivity contribution >= 4 is 17.5 Å². The molecule has 1 aliphatic heterocycles. The minimum absolute atomic E-state index is 0.0809. The molecule has 144 valence electrons. The molecule has 0 radical (unpaired) electrons. The van der Waals surface area contributed by atoms with Gasteiger partial charge in [-0.1, -0.05) is 23.7 Å². The van der Waals surface area contributed by atoms with E-state index in [1.165, 1.54) is 6.07 Å². The van der Waals surface area contributed by atoms with Gasteiger partial charge in [-0.2, -0.15) is 13.2 Å². The van der Waals surface area contributed by atoms with Crippen LogP contribution >= 0.6 is 11.6 Å². The minimum atomic E-state index is -4.37. The number of carbonyl (C=O) groups excluding carboxylic acids is 1. The number of piperidine rings is 1. The number of carbonyl (C=O) groups is 1. The van der Waals surface area contributed by atoms with Crippen molar-refractivity contribution in [2.75, 3.05) is 13.1 Å². The lowest BCUT2D eigenvalue weighted by Crippen LogP contribution is -2.43. The number of ether oxygens (including phenoxy) is 1. The summed E-state index contributed by atoms with van der Waals surface area (Å²) in [6, 6.07) is 11.8. The SMILES string of the molecule is O=C(c1ccc(Cl)cc1)N1CCCC(OCc2cccc(C(F)(F)F)c2)C1. The Morgan fingerprint density at radius 2 is 1.93 bits per heavy atom. The van der Waals surface area contributed by atoms with Crippen molar-refractivity contribution in [1.29, 1.82) is 0 Å². The fourth-order valence-electron chi connectivity index (χ4n) is 3.09. The van der Waals surface area contributed by atoms with Crippen LogP contribution in [0.25, 0.3) is 0 Å². The van der Waals surface area contributed by atoms with Gasteiger partial charge in [-0.15, -0.1) is 0 Å². The topological polar surface area (TPSA) is 29.5 Å². The van der Waals surface area contributed by atoms with E-state index in [-0.39, 0.29) is 18.6 Å². The molecule has 0 bridgehead atoms. The molecule has 1 aliphatic rings. The summed E-state index contributed by atoms with van der Waals surface area (Å²) in [7, 11) is 0. The normalized spacial score (nSPS) is 17.8. The Bertz CT molecular complexity index is 793. The van der Waals surface area contributed by atoms with Gasteiger partial charge in [0.05, 0.1) is 18.3 Å². The van der Waals surface area contributed by atoms with Gasteiger partial charge in [-0.25, -0.2) is 0 Å². The molecule has 1 heterocycles. The molecule has 27 heavy (non-hydrogen) atoms. The third kappa shape index (κ3) is 5.23. The summed E-state index contributed by atoms with van der Waals surface area (Å²) in [5, 5.41) is 0.562. The average molecular weight is 398 g/mol. The van der Waals surface area contributed by atoms with Gasteiger partial charge in [0.1, 0.15) is 0 Å². The quantitative estimate of drug-likeness (QED) is 0.711. The van der Waals surface area contributed by atoms with E-state index >= 15 is 0 Å².